The maximum absolute atomic E-state index is 13.4. The quantitative estimate of drug-likeness (QED) is 0.552. The Morgan fingerprint density at radius 2 is 1.89 bits per heavy atom. The Balaban J connectivity index is 1.22. The number of hydrogen-bond donors (Lipinski definition) is 1. The number of pyridine rings is 1. The highest BCUT2D eigenvalue weighted by atomic mass is 35.5. The molecule has 1 aromatic carbocycles. The van der Waals surface area contributed by atoms with E-state index < -0.39 is 0 Å². The summed E-state index contributed by atoms with van der Waals surface area (Å²) in [5.41, 5.74) is 0.359. The Morgan fingerprint density at radius 1 is 1.16 bits per heavy atom. The van der Waals surface area contributed by atoms with Gasteiger partial charge in [-0.1, -0.05) is 11.6 Å². The molecule has 3 atom stereocenters. The first-order chi connectivity index (χ1) is 17.9. The number of carbonyl (C=O) groups is 2. The fourth-order valence-electron chi connectivity index (χ4n) is 5.95. The molecule has 2 bridgehead atoms. The van der Waals surface area contributed by atoms with Crippen LogP contribution < -0.4 is 10.1 Å². The lowest BCUT2D eigenvalue weighted by Crippen LogP contribution is -2.51. The summed E-state index contributed by atoms with van der Waals surface area (Å²) in [4.78, 5) is 34.8. The lowest BCUT2D eigenvalue weighted by atomic mass is 9.99. The second-order valence-electron chi connectivity index (χ2n) is 10.0. The zero-order valence-corrected chi connectivity index (χ0v) is 21.6. The highest BCUT2D eigenvalue weighted by molar-refractivity contribution is 6.31. The summed E-state index contributed by atoms with van der Waals surface area (Å²) in [6.07, 6.45) is 6.59. The average Bonchev–Trinajstić information content (AvgIpc) is 3.46. The molecular formula is C27H32ClFN4O4. The van der Waals surface area contributed by atoms with Crippen molar-refractivity contribution in [1.82, 2.24) is 14.8 Å². The van der Waals surface area contributed by atoms with Crippen molar-refractivity contribution in [3.63, 3.8) is 0 Å². The molecule has 2 unspecified atom stereocenters. The third-order valence-corrected chi connectivity index (χ3v) is 7.79. The SMILES string of the molecule is COC[C@H]1CCCN1C(=O)c1cc(Cl)cnc1NCC(=O)N1C2CCC1CC(Oc1ccc(F)cc1)C2. The van der Waals surface area contributed by atoms with E-state index in [-0.39, 0.29) is 48.4 Å². The number of methoxy groups -OCH3 is 1. The second kappa shape index (κ2) is 11.2. The van der Waals surface area contributed by atoms with Crippen LogP contribution in [0.5, 0.6) is 5.75 Å². The van der Waals surface area contributed by atoms with E-state index in [1.165, 1.54) is 18.3 Å². The predicted octanol–water partition coefficient (Wildman–Crippen LogP) is 4.14. The first-order valence-electron chi connectivity index (χ1n) is 12.9. The van der Waals surface area contributed by atoms with Gasteiger partial charge < -0.3 is 24.6 Å². The van der Waals surface area contributed by atoms with E-state index in [0.29, 0.717) is 35.3 Å². The third-order valence-electron chi connectivity index (χ3n) is 7.58. The van der Waals surface area contributed by atoms with Gasteiger partial charge in [0.15, 0.2) is 0 Å². The Bertz CT molecular complexity index is 1120. The van der Waals surface area contributed by atoms with Crippen LogP contribution in [0.2, 0.25) is 5.02 Å². The van der Waals surface area contributed by atoms with Crippen molar-refractivity contribution in [2.24, 2.45) is 0 Å². The first-order valence-corrected chi connectivity index (χ1v) is 13.2. The molecule has 3 aliphatic rings. The summed E-state index contributed by atoms with van der Waals surface area (Å²) in [5.74, 6) is 0.511. The fraction of sp³-hybridized carbons (Fsp3) is 0.519. The third kappa shape index (κ3) is 5.67. The van der Waals surface area contributed by atoms with Crippen molar-refractivity contribution in [2.75, 3.05) is 32.1 Å². The highest BCUT2D eigenvalue weighted by Gasteiger charge is 2.44. The van der Waals surface area contributed by atoms with E-state index in [2.05, 4.69) is 10.3 Å². The summed E-state index contributed by atoms with van der Waals surface area (Å²) in [7, 11) is 1.63. The molecule has 1 N–H and O–H groups in total. The molecule has 3 fully saturated rings. The maximum Gasteiger partial charge on any atom is 0.257 e. The van der Waals surface area contributed by atoms with Crippen molar-refractivity contribution >= 4 is 29.2 Å². The van der Waals surface area contributed by atoms with Crippen LogP contribution in [-0.4, -0.2) is 77.6 Å². The van der Waals surface area contributed by atoms with E-state index in [4.69, 9.17) is 21.1 Å². The molecule has 4 heterocycles. The van der Waals surface area contributed by atoms with Gasteiger partial charge in [-0.3, -0.25) is 9.59 Å². The highest BCUT2D eigenvalue weighted by Crippen LogP contribution is 2.37. The Kier molecular flexibility index (Phi) is 7.81. The van der Waals surface area contributed by atoms with Crippen LogP contribution in [-0.2, 0) is 9.53 Å². The van der Waals surface area contributed by atoms with Crippen LogP contribution in [0, 0.1) is 5.82 Å². The van der Waals surface area contributed by atoms with E-state index >= 15 is 0 Å². The van der Waals surface area contributed by atoms with E-state index in [0.717, 1.165) is 38.5 Å². The standard InChI is InChI=1S/C27H32ClFN4O4/c1-36-16-21-3-2-10-32(21)27(35)24-11-17(28)14-30-26(24)31-15-25(34)33-19-6-7-20(33)13-23(12-19)37-22-8-4-18(29)5-9-22/h4-5,8-9,11,14,19-21,23H,2-3,6-7,10,12-13,15-16H2,1H3,(H,30,31)/t19?,20?,21-,23?/m1/s1. The molecule has 8 nitrogen and oxygen atoms in total. The second-order valence-corrected chi connectivity index (χ2v) is 10.4. The van der Waals surface area contributed by atoms with Gasteiger partial charge in [-0.15, -0.1) is 0 Å². The summed E-state index contributed by atoms with van der Waals surface area (Å²) in [6, 6.07) is 7.86. The molecule has 1 aromatic heterocycles. The van der Waals surface area contributed by atoms with Gasteiger partial charge in [0.1, 0.15) is 23.5 Å². The van der Waals surface area contributed by atoms with Crippen LogP contribution in [0.4, 0.5) is 10.2 Å². The summed E-state index contributed by atoms with van der Waals surface area (Å²) in [5, 5.41) is 3.47. The van der Waals surface area contributed by atoms with E-state index in [1.807, 2.05) is 4.90 Å². The van der Waals surface area contributed by atoms with E-state index in [9.17, 15) is 14.0 Å². The summed E-state index contributed by atoms with van der Waals surface area (Å²) in [6.45, 7) is 1.16. The number of piperidine rings is 1. The number of rotatable bonds is 8. The minimum absolute atomic E-state index is 0.0115. The molecule has 37 heavy (non-hydrogen) atoms. The molecule has 0 aliphatic carbocycles. The number of carbonyl (C=O) groups excluding carboxylic acids is 2. The number of benzene rings is 1. The number of ether oxygens (including phenoxy) is 2. The number of likely N-dealkylation sites (tertiary alicyclic amines) is 1. The molecule has 5 rings (SSSR count). The number of anilines is 1. The largest absolute Gasteiger partial charge is 0.490 e. The maximum atomic E-state index is 13.4. The zero-order valence-electron chi connectivity index (χ0n) is 20.9. The minimum atomic E-state index is -0.296. The molecule has 2 amide bonds. The normalized spacial score (nSPS) is 24.8. The van der Waals surface area contributed by atoms with Crippen molar-refractivity contribution in [3.8, 4) is 5.75 Å². The smallest absolute Gasteiger partial charge is 0.257 e. The van der Waals surface area contributed by atoms with Gasteiger partial charge in [0, 0.05) is 44.8 Å². The molecule has 10 heteroatoms. The van der Waals surface area contributed by atoms with Gasteiger partial charge >= 0.3 is 0 Å². The number of amides is 2. The van der Waals surface area contributed by atoms with E-state index in [1.54, 1.807) is 30.2 Å². The van der Waals surface area contributed by atoms with Crippen LogP contribution >= 0.6 is 11.6 Å². The molecule has 2 aromatic rings. The molecule has 0 saturated carbocycles. The van der Waals surface area contributed by atoms with Crippen molar-refractivity contribution in [1.29, 1.82) is 0 Å². The van der Waals surface area contributed by atoms with Gasteiger partial charge in [-0.25, -0.2) is 9.37 Å². The first kappa shape index (κ1) is 25.7. The summed E-state index contributed by atoms with van der Waals surface area (Å²) >= 11 is 6.18. The Hall–Kier alpha value is -2.91. The van der Waals surface area contributed by atoms with Crippen LogP contribution in [0.1, 0.15) is 48.9 Å². The Morgan fingerprint density at radius 3 is 2.59 bits per heavy atom. The van der Waals surface area contributed by atoms with Crippen molar-refractivity contribution in [3.05, 3.63) is 52.9 Å². The van der Waals surface area contributed by atoms with Crippen LogP contribution in [0.15, 0.2) is 36.5 Å². The van der Waals surface area contributed by atoms with Gasteiger partial charge in [0.25, 0.3) is 5.91 Å². The average molecular weight is 531 g/mol. The van der Waals surface area contributed by atoms with Gasteiger partial charge in [0.2, 0.25) is 5.91 Å². The number of fused-ring (bicyclic) bond motifs is 2. The molecular weight excluding hydrogens is 499 g/mol. The fourth-order valence-corrected chi connectivity index (χ4v) is 6.11. The monoisotopic (exact) mass is 530 g/mol. The van der Waals surface area contributed by atoms with Gasteiger partial charge in [-0.05, 0) is 56.0 Å². The summed E-state index contributed by atoms with van der Waals surface area (Å²) < 4.78 is 24.6. The van der Waals surface area contributed by atoms with Gasteiger partial charge in [-0.2, -0.15) is 0 Å². The van der Waals surface area contributed by atoms with Crippen LogP contribution in [0.3, 0.4) is 0 Å². The molecule has 198 valence electrons. The number of nitrogens with zero attached hydrogens (tertiary/aromatic N) is 3. The number of halogens is 2. The zero-order chi connectivity index (χ0) is 25.9. The van der Waals surface area contributed by atoms with Crippen molar-refractivity contribution < 1.29 is 23.5 Å². The lowest BCUT2D eigenvalue weighted by molar-refractivity contribution is -0.135. The Labute approximate surface area is 221 Å². The van der Waals surface area contributed by atoms with Crippen molar-refractivity contribution in [2.45, 2.75) is 62.8 Å². The molecule has 0 spiro atoms. The molecule has 0 radical (unpaired) electrons. The lowest BCUT2D eigenvalue weighted by Gasteiger charge is -2.39. The van der Waals surface area contributed by atoms with Gasteiger partial charge in [0.05, 0.1) is 29.8 Å². The number of nitrogens with one attached hydrogen (secondary N) is 1. The predicted molar refractivity (Wildman–Crippen MR) is 137 cm³/mol. The van der Waals surface area contributed by atoms with Crippen LogP contribution in [0.25, 0.3) is 0 Å². The molecule has 3 aliphatic heterocycles. The number of aromatic nitrogens is 1. The minimum Gasteiger partial charge on any atom is -0.490 e. The molecule has 3 saturated heterocycles. The number of hydrogen-bond acceptors (Lipinski definition) is 6. The topological polar surface area (TPSA) is 84.0 Å².